The fourth-order valence-corrected chi connectivity index (χ4v) is 12.1. The lowest BCUT2D eigenvalue weighted by Crippen LogP contribution is -2.56. The van der Waals surface area contributed by atoms with Crippen LogP contribution >= 0.6 is 0 Å². The summed E-state index contributed by atoms with van der Waals surface area (Å²) >= 11 is 0. The largest absolute Gasteiger partial charge is 0.468 e. The normalized spacial score (nSPS) is 27.3. The SMILES string of the molecule is COC(=O)[C@@H](N)C1CC2CCC(C1)N2C(=O)N(C)C.COC(=O)[C@@H](NC(=O)OC(C)(C)C)C1CC2CCC(C1)N2C(=O)N(C)C.COC(=O)[C@@H](N[C@@H](CO)c1ccccc1)C1CC2CCC(C1)N2C(=O)N(C)C. The van der Waals surface area contributed by atoms with Crippen molar-refractivity contribution in [1.82, 2.24) is 40.0 Å². The Kier molecular flexibility index (Phi) is 20.6. The van der Waals surface area contributed by atoms with Gasteiger partial charge in [0.2, 0.25) is 0 Å². The molecule has 7 rings (SSSR count). The molecule has 0 radical (unpaired) electrons. The Hall–Kier alpha value is -5.41. The number of nitrogens with one attached hydrogen (secondary N) is 2. The van der Waals surface area contributed by atoms with E-state index in [0.717, 1.165) is 69.8 Å². The van der Waals surface area contributed by atoms with Crippen LogP contribution in [0.1, 0.15) is 109 Å². The van der Waals surface area contributed by atoms with Crippen LogP contribution in [0.3, 0.4) is 0 Å². The van der Waals surface area contributed by atoms with Gasteiger partial charge in [0.15, 0.2) is 0 Å². The molecule has 0 aliphatic carbocycles. The Bertz CT molecular complexity index is 2010. The van der Waals surface area contributed by atoms with Crippen molar-refractivity contribution < 1.29 is 57.6 Å². The van der Waals surface area contributed by atoms with Gasteiger partial charge in [-0.3, -0.25) is 14.9 Å². The number of alkyl carbamates (subject to hydrolysis) is 1. The minimum atomic E-state index is -0.769. The van der Waals surface area contributed by atoms with Gasteiger partial charge in [0.1, 0.15) is 23.7 Å². The van der Waals surface area contributed by atoms with Crippen LogP contribution in [-0.4, -0.2) is 207 Å². The van der Waals surface area contributed by atoms with Gasteiger partial charge in [-0.25, -0.2) is 24.0 Å². The van der Waals surface area contributed by atoms with E-state index in [2.05, 4.69) is 10.6 Å². The summed E-state index contributed by atoms with van der Waals surface area (Å²) in [6.45, 7) is 5.20. The molecule has 21 nitrogen and oxygen atoms in total. The Morgan fingerprint density at radius 1 is 0.589 bits per heavy atom. The summed E-state index contributed by atoms with van der Waals surface area (Å²) < 4.78 is 20.0. The molecule has 6 aliphatic heterocycles. The second-order valence-electron chi connectivity index (χ2n) is 22.1. The maximum Gasteiger partial charge on any atom is 0.408 e. The van der Waals surface area contributed by atoms with Crippen molar-refractivity contribution in [2.45, 2.75) is 164 Å². The first-order chi connectivity index (χ1) is 34.4. The van der Waals surface area contributed by atoms with Gasteiger partial charge < -0.3 is 64.5 Å². The summed E-state index contributed by atoms with van der Waals surface area (Å²) in [4.78, 5) is 96.4. The highest BCUT2D eigenvalue weighted by molar-refractivity contribution is 5.82. The van der Waals surface area contributed by atoms with Crippen LogP contribution in [0.5, 0.6) is 0 Å². The molecule has 6 heterocycles. The van der Waals surface area contributed by atoms with Gasteiger partial charge in [-0.2, -0.15) is 0 Å². The van der Waals surface area contributed by atoms with E-state index in [9.17, 15) is 38.7 Å². The predicted molar refractivity (Wildman–Crippen MR) is 272 cm³/mol. The Balaban J connectivity index is 0.000000207. The summed E-state index contributed by atoms with van der Waals surface area (Å²) in [6, 6.07) is 8.45. The number of rotatable bonds is 11. The molecule has 0 saturated carbocycles. The third kappa shape index (κ3) is 14.5. The van der Waals surface area contributed by atoms with Crippen LogP contribution in [0.15, 0.2) is 30.3 Å². The number of nitrogens with two attached hydrogens (primary N) is 1. The van der Waals surface area contributed by atoms with Crippen LogP contribution in [0.2, 0.25) is 0 Å². The number of fused-ring (bicyclic) bond motifs is 6. The third-order valence-corrected chi connectivity index (χ3v) is 15.4. The smallest absolute Gasteiger partial charge is 0.408 e. The molecule has 1 aromatic rings. The molecule has 1 aromatic carbocycles. The van der Waals surface area contributed by atoms with Crippen LogP contribution in [0.25, 0.3) is 0 Å². The summed E-state index contributed by atoms with van der Waals surface area (Å²) in [5.74, 6) is -1.04. The van der Waals surface area contributed by atoms with Crippen molar-refractivity contribution in [1.29, 1.82) is 0 Å². The molecule has 6 fully saturated rings. The minimum Gasteiger partial charge on any atom is -0.468 e. The minimum absolute atomic E-state index is 0.00525. The van der Waals surface area contributed by atoms with Crippen molar-refractivity contribution in [3.63, 3.8) is 0 Å². The molecular weight excluding hydrogens is 943 g/mol. The number of nitrogens with zero attached hydrogens (tertiary/aromatic N) is 6. The molecule has 6 bridgehead atoms. The standard InChI is InChI=1S/C21H31N3O4.C18H31N3O5.C13H23N3O3/c1-23(2)21(27)24-16-9-10-17(24)12-15(11-16)19(20(26)28-3)22-18(13-25)14-7-5-4-6-8-14;1-18(2,3)26-16(23)19-14(15(22)25-6)11-9-12-7-8-13(10-11)21(12)17(24)20(4)5;1-15(2)13(18)16-9-4-5-10(16)7-8(6-9)11(14)12(17)19-3/h4-8,15-19,22,25H,9-13H2,1-3H3;11-14H,7-10H2,1-6H3,(H,19,23);8-11H,4-7,14H2,1-3H3/t15?,16?,17?,18-,19-;11?,12?,13?,14-;8?,9?,10?,11-/m000/s1. The molecular formula is C52H85N9O12. The van der Waals surface area contributed by atoms with Gasteiger partial charge >= 0.3 is 42.1 Å². The average molecular weight is 1030 g/mol. The highest BCUT2D eigenvalue weighted by Gasteiger charge is 2.50. The molecule has 6 aliphatic rings. The number of methoxy groups -OCH3 is 3. The zero-order valence-electron chi connectivity index (χ0n) is 45.3. The van der Waals surface area contributed by atoms with E-state index in [4.69, 9.17) is 24.7 Å². The number of piperidine rings is 3. The summed E-state index contributed by atoms with van der Waals surface area (Å²) in [6.07, 6.45) is 9.59. The molecule has 7 amide bonds. The molecule has 5 N–H and O–H groups in total. The van der Waals surface area contributed by atoms with Crippen LogP contribution in [-0.2, 0) is 33.3 Å². The number of urea groups is 3. The zero-order valence-corrected chi connectivity index (χ0v) is 45.3. The van der Waals surface area contributed by atoms with Crippen LogP contribution in [0.4, 0.5) is 19.2 Å². The quantitative estimate of drug-likeness (QED) is 0.180. The highest BCUT2D eigenvalue weighted by atomic mass is 16.6. The number of esters is 3. The lowest BCUT2D eigenvalue weighted by Gasteiger charge is -2.42. The van der Waals surface area contributed by atoms with Gasteiger partial charge in [-0.05, 0) is 121 Å². The number of amides is 7. The van der Waals surface area contributed by atoms with E-state index in [0.29, 0.717) is 12.8 Å². The predicted octanol–water partition coefficient (Wildman–Crippen LogP) is 4.16. The van der Waals surface area contributed by atoms with Crippen LogP contribution in [0, 0.1) is 17.8 Å². The summed E-state index contributed by atoms with van der Waals surface area (Å²) in [7, 11) is 14.7. The van der Waals surface area contributed by atoms with Crippen molar-refractivity contribution in [3.05, 3.63) is 35.9 Å². The van der Waals surface area contributed by atoms with Gasteiger partial charge in [0, 0.05) is 78.5 Å². The molecule has 6 unspecified atom stereocenters. The van der Waals surface area contributed by atoms with E-state index in [1.54, 1.807) is 77.8 Å². The first-order valence-electron chi connectivity index (χ1n) is 25.8. The van der Waals surface area contributed by atoms with Crippen molar-refractivity contribution >= 4 is 42.1 Å². The second-order valence-corrected chi connectivity index (χ2v) is 22.1. The molecule has 0 aromatic heterocycles. The lowest BCUT2D eigenvalue weighted by atomic mass is 9.84. The molecule has 0 spiro atoms. The lowest BCUT2D eigenvalue weighted by molar-refractivity contribution is -0.146. The van der Waals surface area contributed by atoms with E-state index < -0.39 is 35.8 Å². The third-order valence-electron chi connectivity index (χ3n) is 15.4. The maximum atomic E-state index is 12.6. The number of benzene rings is 1. The van der Waals surface area contributed by atoms with E-state index >= 15 is 0 Å². The number of ether oxygens (including phenoxy) is 4. The number of aliphatic hydroxyl groups is 1. The topological polar surface area (TPSA) is 246 Å². The fourth-order valence-electron chi connectivity index (χ4n) is 12.1. The zero-order chi connectivity index (χ0) is 54.1. The van der Waals surface area contributed by atoms with E-state index in [1.165, 1.54) is 21.3 Å². The van der Waals surface area contributed by atoms with E-state index in [-0.39, 0.29) is 96.7 Å². The van der Waals surface area contributed by atoms with E-state index in [1.807, 2.05) is 45.0 Å². The van der Waals surface area contributed by atoms with Crippen LogP contribution < -0.4 is 16.4 Å². The molecule has 6 saturated heterocycles. The summed E-state index contributed by atoms with van der Waals surface area (Å²) in [5, 5.41) is 15.9. The Morgan fingerprint density at radius 2 is 0.932 bits per heavy atom. The molecule has 410 valence electrons. The van der Waals surface area contributed by atoms with Crippen molar-refractivity contribution in [2.75, 3.05) is 70.2 Å². The fraction of sp³-hybridized carbons (Fsp3) is 0.750. The average Bonchev–Trinajstić information content (AvgIpc) is 3.89. The number of carbonyl (C=O) groups excluding carboxylic acids is 7. The van der Waals surface area contributed by atoms with Gasteiger partial charge in [0.05, 0.1) is 34.0 Å². The first kappa shape index (κ1) is 58.5. The number of aliphatic hydroxyl groups excluding tert-OH is 1. The Morgan fingerprint density at radius 3 is 1.26 bits per heavy atom. The number of carbonyl (C=O) groups is 7. The number of hydrogen-bond acceptors (Lipinski definition) is 14. The highest BCUT2D eigenvalue weighted by Crippen LogP contribution is 2.43. The van der Waals surface area contributed by atoms with Gasteiger partial charge in [-0.15, -0.1) is 0 Å². The van der Waals surface area contributed by atoms with Crippen molar-refractivity contribution in [2.24, 2.45) is 23.5 Å². The molecule has 73 heavy (non-hydrogen) atoms. The monoisotopic (exact) mass is 1030 g/mol. The summed E-state index contributed by atoms with van der Waals surface area (Å²) in [5.41, 5.74) is 6.23. The Labute approximate surface area is 432 Å². The second kappa shape index (κ2) is 25.7. The molecule has 21 heteroatoms. The number of hydrogen-bond donors (Lipinski definition) is 4. The van der Waals surface area contributed by atoms with Gasteiger partial charge in [-0.1, -0.05) is 30.3 Å². The van der Waals surface area contributed by atoms with Gasteiger partial charge in [0.25, 0.3) is 0 Å². The molecule has 10 atom stereocenters. The van der Waals surface area contributed by atoms with Crippen molar-refractivity contribution in [3.8, 4) is 0 Å². The maximum absolute atomic E-state index is 12.6. The first-order valence-corrected chi connectivity index (χ1v) is 25.8.